The van der Waals surface area contributed by atoms with Gasteiger partial charge in [-0.15, -0.1) is 0 Å². The second kappa shape index (κ2) is 5.87. The number of rotatable bonds is 6. The molecule has 0 amide bonds. The van der Waals surface area contributed by atoms with E-state index in [-0.39, 0.29) is 0 Å². The van der Waals surface area contributed by atoms with Crippen LogP contribution in [0.2, 0.25) is 0 Å². The van der Waals surface area contributed by atoms with Crippen LogP contribution in [0.1, 0.15) is 38.1 Å². The van der Waals surface area contributed by atoms with E-state index in [0.717, 1.165) is 19.6 Å². The summed E-state index contributed by atoms with van der Waals surface area (Å²) in [7, 11) is 0. The molecule has 2 rings (SSSR count). The molecule has 0 aliphatic rings. The van der Waals surface area contributed by atoms with Gasteiger partial charge in [0.2, 0.25) is 0 Å². The summed E-state index contributed by atoms with van der Waals surface area (Å²) in [6.45, 7) is 9.23. The summed E-state index contributed by atoms with van der Waals surface area (Å²) >= 11 is 0. The van der Waals surface area contributed by atoms with Crippen molar-refractivity contribution >= 4 is 0 Å². The Morgan fingerprint density at radius 1 is 1.39 bits per heavy atom. The topological polar surface area (TPSA) is 34.8 Å². The number of nitrogens with zero attached hydrogens (tertiary/aromatic N) is 3. The van der Waals surface area contributed by atoms with E-state index in [4.69, 9.17) is 0 Å². The molecular formula is C14H22N4. The van der Waals surface area contributed by atoms with Crippen LogP contribution in [-0.4, -0.2) is 20.9 Å². The first-order valence-corrected chi connectivity index (χ1v) is 6.64. The molecule has 0 saturated carbocycles. The van der Waals surface area contributed by atoms with Crippen LogP contribution in [0.15, 0.2) is 30.7 Å². The Morgan fingerprint density at radius 3 is 2.89 bits per heavy atom. The van der Waals surface area contributed by atoms with Crippen LogP contribution in [-0.2, 0) is 13.1 Å². The van der Waals surface area contributed by atoms with Gasteiger partial charge in [-0.1, -0.05) is 6.92 Å². The zero-order valence-electron chi connectivity index (χ0n) is 11.4. The van der Waals surface area contributed by atoms with Crippen molar-refractivity contribution in [3.63, 3.8) is 0 Å². The van der Waals surface area contributed by atoms with Gasteiger partial charge in [-0.3, -0.25) is 4.68 Å². The van der Waals surface area contributed by atoms with Crippen molar-refractivity contribution in [1.82, 2.24) is 19.7 Å². The Labute approximate surface area is 109 Å². The van der Waals surface area contributed by atoms with Crippen LogP contribution >= 0.6 is 0 Å². The molecule has 18 heavy (non-hydrogen) atoms. The van der Waals surface area contributed by atoms with Crippen molar-refractivity contribution < 1.29 is 0 Å². The first-order valence-electron chi connectivity index (χ1n) is 6.64. The molecule has 2 aromatic heterocycles. The molecule has 4 nitrogen and oxygen atoms in total. The van der Waals surface area contributed by atoms with Crippen molar-refractivity contribution in [2.75, 3.05) is 6.54 Å². The average molecular weight is 246 g/mol. The quantitative estimate of drug-likeness (QED) is 0.849. The molecule has 0 aliphatic heterocycles. The molecule has 98 valence electrons. The van der Waals surface area contributed by atoms with Crippen molar-refractivity contribution in [2.24, 2.45) is 0 Å². The molecule has 1 atom stereocenters. The SMILES string of the molecule is CCNC(C)c1cccn1Cc1cnn(CC)c1. The van der Waals surface area contributed by atoms with Gasteiger partial charge in [-0.25, -0.2) is 0 Å². The second-order valence-electron chi connectivity index (χ2n) is 4.54. The molecule has 0 spiro atoms. The van der Waals surface area contributed by atoms with Gasteiger partial charge in [-0.2, -0.15) is 5.10 Å². The third-order valence-corrected chi connectivity index (χ3v) is 3.18. The predicted molar refractivity (Wildman–Crippen MR) is 73.5 cm³/mol. The third kappa shape index (κ3) is 2.82. The molecule has 0 fully saturated rings. The van der Waals surface area contributed by atoms with Crippen molar-refractivity contribution in [3.8, 4) is 0 Å². The maximum absolute atomic E-state index is 4.31. The fraction of sp³-hybridized carbons (Fsp3) is 0.500. The lowest BCUT2D eigenvalue weighted by Crippen LogP contribution is -2.20. The summed E-state index contributed by atoms with van der Waals surface area (Å²) in [5, 5.41) is 7.76. The van der Waals surface area contributed by atoms with Gasteiger partial charge in [-0.05, 0) is 32.5 Å². The summed E-state index contributed by atoms with van der Waals surface area (Å²) in [6.07, 6.45) is 6.19. The summed E-state index contributed by atoms with van der Waals surface area (Å²) in [5.74, 6) is 0. The summed E-state index contributed by atoms with van der Waals surface area (Å²) < 4.78 is 4.25. The van der Waals surface area contributed by atoms with Crippen molar-refractivity contribution in [1.29, 1.82) is 0 Å². The van der Waals surface area contributed by atoms with Gasteiger partial charge < -0.3 is 9.88 Å². The molecule has 1 unspecified atom stereocenters. The highest BCUT2D eigenvalue weighted by Gasteiger charge is 2.09. The highest BCUT2D eigenvalue weighted by molar-refractivity contribution is 5.15. The molecule has 2 aromatic rings. The van der Waals surface area contributed by atoms with Crippen LogP contribution in [0.5, 0.6) is 0 Å². The lowest BCUT2D eigenvalue weighted by atomic mass is 10.2. The van der Waals surface area contributed by atoms with Gasteiger partial charge >= 0.3 is 0 Å². The van der Waals surface area contributed by atoms with Crippen LogP contribution in [0.3, 0.4) is 0 Å². The molecule has 0 radical (unpaired) electrons. The highest BCUT2D eigenvalue weighted by atomic mass is 15.3. The normalized spacial score (nSPS) is 12.8. The number of nitrogens with one attached hydrogen (secondary N) is 1. The van der Waals surface area contributed by atoms with Crippen LogP contribution < -0.4 is 5.32 Å². The summed E-state index contributed by atoms with van der Waals surface area (Å²) in [5.41, 5.74) is 2.57. The minimum absolute atomic E-state index is 0.381. The molecule has 0 saturated heterocycles. The Kier molecular flexibility index (Phi) is 4.20. The molecule has 2 heterocycles. The third-order valence-electron chi connectivity index (χ3n) is 3.18. The maximum atomic E-state index is 4.31. The van der Waals surface area contributed by atoms with E-state index in [1.54, 1.807) is 0 Å². The standard InChI is InChI=1S/C14H22N4/c1-4-15-12(3)14-7-6-8-17(14)10-13-9-16-18(5-2)11-13/h6-9,11-12,15H,4-5,10H2,1-3H3. The molecular weight excluding hydrogens is 224 g/mol. The number of aryl methyl sites for hydroxylation is 1. The fourth-order valence-corrected chi connectivity index (χ4v) is 2.23. The minimum atomic E-state index is 0.381. The van der Waals surface area contributed by atoms with E-state index in [0.29, 0.717) is 6.04 Å². The van der Waals surface area contributed by atoms with Gasteiger partial charge in [0.15, 0.2) is 0 Å². The first kappa shape index (κ1) is 12.9. The Bertz CT molecular complexity index is 483. The molecule has 0 bridgehead atoms. The first-order chi connectivity index (χ1) is 8.74. The van der Waals surface area contributed by atoms with E-state index in [1.807, 2.05) is 10.9 Å². The lowest BCUT2D eigenvalue weighted by Gasteiger charge is -2.15. The van der Waals surface area contributed by atoms with Crippen molar-refractivity contribution in [3.05, 3.63) is 42.0 Å². The van der Waals surface area contributed by atoms with E-state index in [1.165, 1.54) is 11.3 Å². The Hall–Kier alpha value is -1.55. The molecule has 4 heteroatoms. The molecule has 0 aromatic carbocycles. The number of hydrogen-bond acceptors (Lipinski definition) is 2. The Morgan fingerprint density at radius 2 is 2.22 bits per heavy atom. The number of aromatic nitrogens is 3. The Balaban J connectivity index is 2.11. The average Bonchev–Trinajstić information content (AvgIpc) is 2.99. The number of hydrogen-bond donors (Lipinski definition) is 1. The van der Waals surface area contributed by atoms with Crippen molar-refractivity contribution in [2.45, 2.75) is 39.9 Å². The largest absolute Gasteiger partial charge is 0.345 e. The van der Waals surface area contributed by atoms with Crippen LogP contribution in [0, 0.1) is 0 Å². The maximum Gasteiger partial charge on any atom is 0.0539 e. The van der Waals surface area contributed by atoms with Gasteiger partial charge in [0, 0.05) is 36.2 Å². The predicted octanol–water partition coefficient (Wildman–Crippen LogP) is 2.42. The fourth-order valence-electron chi connectivity index (χ4n) is 2.23. The second-order valence-corrected chi connectivity index (χ2v) is 4.54. The lowest BCUT2D eigenvalue weighted by molar-refractivity contribution is 0.553. The highest BCUT2D eigenvalue weighted by Crippen LogP contribution is 2.15. The molecule has 1 N–H and O–H groups in total. The van der Waals surface area contributed by atoms with Gasteiger partial charge in [0.1, 0.15) is 0 Å². The van der Waals surface area contributed by atoms with Crippen LogP contribution in [0.4, 0.5) is 0 Å². The van der Waals surface area contributed by atoms with Gasteiger partial charge in [0.05, 0.1) is 12.7 Å². The van der Waals surface area contributed by atoms with E-state index >= 15 is 0 Å². The zero-order chi connectivity index (χ0) is 13.0. The molecule has 0 aliphatic carbocycles. The van der Waals surface area contributed by atoms with Gasteiger partial charge in [0.25, 0.3) is 0 Å². The van der Waals surface area contributed by atoms with E-state index < -0.39 is 0 Å². The van der Waals surface area contributed by atoms with Crippen LogP contribution in [0.25, 0.3) is 0 Å². The summed E-state index contributed by atoms with van der Waals surface area (Å²) in [6, 6.07) is 4.66. The van der Waals surface area contributed by atoms with E-state index in [2.05, 4.69) is 60.3 Å². The zero-order valence-corrected chi connectivity index (χ0v) is 11.4. The summed E-state index contributed by atoms with van der Waals surface area (Å²) in [4.78, 5) is 0. The smallest absolute Gasteiger partial charge is 0.0539 e. The minimum Gasteiger partial charge on any atom is -0.345 e. The van der Waals surface area contributed by atoms with E-state index in [9.17, 15) is 0 Å². The monoisotopic (exact) mass is 246 g/mol.